The monoisotopic (exact) mass is 973 g/mol. The van der Waals surface area contributed by atoms with Gasteiger partial charge >= 0.3 is 29.9 Å². The van der Waals surface area contributed by atoms with E-state index in [-0.39, 0.29) is 90.9 Å². The Balaban J connectivity index is -0.00000129. The molecule has 0 aliphatic carbocycles. The number of aryl methyl sites for hydroxylation is 1. The zero-order chi connectivity index (χ0) is 50.8. The number of aldehydes is 1. The van der Waals surface area contributed by atoms with Crippen molar-refractivity contribution in [2.24, 2.45) is 18.9 Å². The van der Waals surface area contributed by atoms with Crippen molar-refractivity contribution >= 4 is 36.2 Å². The van der Waals surface area contributed by atoms with Crippen molar-refractivity contribution in [2.45, 2.75) is 210 Å². The van der Waals surface area contributed by atoms with Crippen molar-refractivity contribution < 1.29 is 62.1 Å². The van der Waals surface area contributed by atoms with Crippen LogP contribution in [0.1, 0.15) is 210 Å². The lowest BCUT2D eigenvalue weighted by Crippen LogP contribution is -2.40. The second-order valence-electron chi connectivity index (χ2n) is 16.8. The third-order valence-corrected chi connectivity index (χ3v) is 10.2. The highest BCUT2D eigenvalue weighted by Crippen LogP contribution is 2.13. The van der Waals surface area contributed by atoms with Crippen LogP contribution in [0, 0.1) is 11.8 Å². The first kappa shape index (κ1) is 70.7. The Morgan fingerprint density at radius 3 is 1.43 bits per heavy atom. The van der Waals surface area contributed by atoms with E-state index in [0.29, 0.717) is 12.8 Å². The molecule has 2 unspecified atom stereocenters. The molecule has 15 heteroatoms. The van der Waals surface area contributed by atoms with Gasteiger partial charge in [0.25, 0.3) is 6.33 Å². The normalized spacial score (nSPS) is 11.1. The molecule has 15 nitrogen and oxygen atoms in total. The largest absolute Gasteiger partial charge is 0.465 e. The van der Waals surface area contributed by atoms with Crippen LogP contribution in [-0.4, -0.2) is 111 Å². The van der Waals surface area contributed by atoms with Gasteiger partial charge in [-0.25, -0.2) is 9.36 Å². The second kappa shape index (κ2) is 54.1. The molecule has 1 heterocycles. The molecule has 0 saturated carbocycles. The minimum atomic E-state index is -0.608. The minimum absolute atomic E-state index is 0. The Hall–Kier alpha value is -3.85. The van der Waals surface area contributed by atoms with E-state index in [2.05, 4.69) is 34.6 Å². The summed E-state index contributed by atoms with van der Waals surface area (Å²) in [6, 6.07) is -0.408. The number of aliphatic hydroxyl groups is 1. The van der Waals surface area contributed by atoms with E-state index in [1.807, 2.05) is 13.8 Å². The van der Waals surface area contributed by atoms with Crippen molar-refractivity contribution in [3.8, 4) is 0 Å². The highest BCUT2D eigenvalue weighted by molar-refractivity contribution is 5.76. The Kier molecular flexibility index (Phi) is 56.3. The molecule has 68 heavy (non-hydrogen) atoms. The van der Waals surface area contributed by atoms with Crippen LogP contribution in [0.2, 0.25) is 0 Å². The molecule has 0 aliphatic heterocycles. The number of unbranched alkanes of at least 4 members (excludes halogenated alkanes) is 16. The predicted molar refractivity (Wildman–Crippen MR) is 271 cm³/mol. The number of rotatable bonds is 38. The lowest BCUT2D eigenvalue weighted by atomic mass is 10.1. The summed E-state index contributed by atoms with van der Waals surface area (Å²) >= 11 is 0. The molecule has 1 rings (SSSR count). The average Bonchev–Trinajstić information content (AvgIpc) is 3.76. The van der Waals surface area contributed by atoms with Gasteiger partial charge in [0.05, 0.1) is 52.8 Å². The number of aliphatic hydroxyl groups excluding tert-OH is 1. The lowest BCUT2D eigenvalue weighted by Gasteiger charge is -2.21. The molecule has 0 aliphatic rings. The quantitative estimate of drug-likeness (QED) is 0.0218. The van der Waals surface area contributed by atoms with Crippen LogP contribution in [-0.2, 0) is 54.7 Å². The number of carbonyl (C=O) groups excluding carboxylic acids is 6. The van der Waals surface area contributed by atoms with E-state index >= 15 is 0 Å². The maximum Gasteiger partial charge on any atom is 0.416 e. The number of imidazole rings is 1. The maximum atomic E-state index is 13.2. The lowest BCUT2D eigenvalue weighted by molar-refractivity contribution is -0.670. The third kappa shape index (κ3) is 45.9. The van der Waals surface area contributed by atoms with Crippen LogP contribution >= 0.6 is 0 Å². The molecule has 1 amide bonds. The van der Waals surface area contributed by atoms with Gasteiger partial charge in [-0.2, -0.15) is 4.57 Å². The highest BCUT2D eigenvalue weighted by Gasteiger charge is 2.24. The fourth-order valence-electron chi connectivity index (χ4n) is 6.41. The summed E-state index contributed by atoms with van der Waals surface area (Å²) in [6.07, 6.45) is 28.4. The van der Waals surface area contributed by atoms with E-state index < -0.39 is 23.9 Å². The number of hydrogen-bond donors (Lipinski definition) is 1. The summed E-state index contributed by atoms with van der Waals surface area (Å²) in [5.74, 6) is -2.76. The van der Waals surface area contributed by atoms with E-state index in [0.717, 1.165) is 64.1 Å². The van der Waals surface area contributed by atoms with Crippen LogP contribution in [0.25, 0.3) is 0 Å². The van der Waals surface area contributed by atoms with E-state index in [1.165, 1.54) is 87.2 Å². The van der Waals surface area contributed by atoms with Crippen LogP contribution in [0.4, 0.5) is 4.79 Å². The first-order chi connectivity index (χ1) is 32.5. The standard InChI is InChI=1S/C40H70N3O11.C7H14O.C3H8.C2H6.CH4/c1-5-7-9-11-13-15-17-19-36(45)53-31-34(29-44)27-38(47)51-25-23-42(40(49)43-22-21-41(3)33-43)24-26-52-39(48)28-35(30-50-4)32-54-37(46)20-18-16-14-12-10-8-6-2;1-2-3-4-5-6-7-8;1-3-2;1-2;/h21-22,33-35,44H,5-20,23-32H2,1-4H3;7H,2-6H2,1H3;3H2,1-2H3;1-2H3;1H4/q+1;;;;. The summed E-state index contributed by atoms with van der Waals surface area (Å²) < 4.78 is 29.8. The number of amides is 1. The first-order valence-electron chi connectivity index (χ1n) is 25.9. The van der Waals surface area contributed by atoms with Gasteiger partial charge in [0.2, 0.25) is 0 Å². The summed E-state index contributed by atoms with van der Waals surface area (Å²) in [5, 5.41) is 9.74. The van der Waals surface area contributed by atoms with Crippen molar-refractivity contribution in [3.63, 3.8) is 0 Å². The van der Waals surface area contributed by atoms with Crippen LogP contribution in [0.3, 0.4) is 0 Å². The second-order valence-corrected chi connectivity index (χ2v) is 16.8. The molecule has 1 aromatic heterocycles. The number of carbonyl (C=O) groups is 6. The Labute approximate surface area is 414 Å². The molecule has 2 atom stereocenters. The Morgan fingerprint density at radius 2 is 1.03 bits per heavy atom. The zero-order valence-corrected chi connectivity index (χ0v) is 43.9. The van der Waals surface area contributed by atoms with Crippen LogP contribution < -0.4 is 4.57 Å². The molecule has 0 aromatic carbocycles. The van der Waals surface area contributed by atoms with E-state index in [1.54, 1.807) is 30.3 Å². The fraction of sp³-hybridized carbons (Fsp3) is 0.830. The number of ether oxygens (including phenoxy) is 5. The van der Waals surface area contributed by atoms with Gasteiger partial charge in [0.1, 0.15) is 31.9 Å². The summed E-state index contributed by atoms with van der Waals surface area (Å²) in [4.78, 5) is 74.1. The van der Waals surface area contributed by atoms with Crippen LogP contribution in [0.5, 0.6) is 0 Å². The molecule has 0 radical (unpaired) electrons. The molecule has 0 spiro atoms. The summed E-state index contributed by atoms with van der Waals surface area (Å²) in [5.41, 5.74) is 0. The molecule has 0 saturated heterocycles. The van der Waals surface area contributed by atoms with Gasteiger partial charge in [-0.1, -0.05) is 159 Å². The molecular formula is C53H102N3O12+. The van der Waals surface area contributed by atoms with Crippen molar-refractivity contribution in [3.05, 3.63) is 18.7 Å². The number of aromatic nitrogens is 2. The minimum Gasteiger partial charge on any atom is -0.465 e. The molecule has 0 fully saturated rings. The van der Waals surface area contributed by atoms with Crippen molar-refractivity contribution in [1.29, 1.82) is 0 Å². The number of hydrogen-bond acceptors (Lipinski definition) is 12. The zero-order valence-electron chi connectivity index (χ0n) is 43.9. The maximum absolute atomic E-state index is 13.2. The van der Waals surface area contributed by atoms with Gasteiger partial charge in [0, 0.05) is 44.8 Å². The molecule has 1 N–H and O–H groups in total. The Bertz CT molecular complexity index is 1330. The van der Waals surface area contributed by atoms with Gasteiger partial charge < -0.3 is 33.6 Å². The average molecular weight is 973 g/mol. The van der Waals surface area contributed by atoms with E-state index in [9.17, 15) is 33.9 Å². The molecule has 400 valence electrons. The number of esters is 4. The van der Waals surface area contributed by atoms with Gasteiger partial charge in [-0.15, -0.1) is 0 Å². The van der Waals surface area contributed by atoms with Gasteiger partial charge in [-0.3, -0.25) is 24.1 Å². The third-order valence-electron chi connectivity index (χ3n) is 10.2. The SMILES string of the molecule is C.CC.CCC.CCCCCCC=O.CCCCCCCCCC(=O)OCC(CO)CC(=O)OCCN(CCOC(=O)CC(COC)COC(=O)CCCCCCCCC)C(=O)n1cc[n+](C)c1. The smallest absolute Gasteiger partial charge is 0.416 e. The highest BCUT2D eigenvalue weighted by atomic mass is 16.5. The van der Waals surface area contributed by atoms with Gasteiger partial charge in [-0.05, 0) is 19.3 Å². The molecule has 1 aromatic rings. The molecule has 0 bridgehead atoms. The topological polar surface area (TPSA) is 181 Å². The Morgan fingerprint density at radius 1 is 0.618 bits per heavy atom. The summed E-state index contributed by atoms with van der Waals surface area (Å²) in [6.45, 7) is 14.4. The molecular weight excluding hydrogens is 871 g/mol. The van der Waals surface area contributed by atoms with Crippen molar-refractivity contribution in [1.82, 2.24) is 9.47 Å². The number of nitrogens with zero attached hydrogens (tertiary/aromatic N) is 3. The van der Waals surface area contributed by atoms with Gasteiger partial charge in [0.15, 0.2) is 0 Å². The predicted octanol–water partition coefficient (Wildman–Crippen LogP) is 10.9. The van der Waals surface area contributed by atoms with Crippen molar-refractivity contribution in [2.75, 3.05) is 59.8 Å². The van der Waals surface area contributed by atoms with E-state index in [4.69, 9.17) is 23.7 Å². The fourth-order valence-corrected chi connectivity index (χ4v) is 6.41. The number of methoxy groups -OCH3 is 1. The van der Waals surface area contributed by atoms with Crippen LogP contribution in [0.15, 0.2) is 18.7 Å². The first-order valence-corrected chi connectivity index (χ1v) is 25.9. The summed E-state index contributed by atoms with van der Waals surface area (Å²) in [7, 11) is 3.28.